The second kappa shape index (κ2) is 4.13. The van der Waals surface area contributed by atoms with Gasteiger partial charge in [0.1, 0.15) is 17.2 Å². The molecule has 1 aliphatic heterocycles. The zero-order valence-corrected chi connectivity index (χ0v) is 11.3. The minimum Gasteiger partial charge on any atom is -0.351 e. The maximum atomic E-state index is 12.2. The van der Waals surface area contributed by atoms with Crippen molar-refractivity contribution in [3.63, 3.8) is 0 Å². The highest BCUT2D eigenvalue weighted by atomic mass is 16.2. The highest BCUT2D eigenvalue weighted by Gasteiger charge is 2.30. The number of rotatable bonds is 0. The van der Waals surface area contributed by atoms with Crippen LogP contribution >= 0.6 is 0 Å². The second-order valence-corrected chi connectivity index (χ2v) is 5.30. The van der Waals surface area contributed by atoms with Crippen LogP contribution in [0.2, 0.25) is 0 Å². The molecule has 2 aliphatic rings. The third-order valence-electron chi connectivity index (χ3n) is 3.95. The van der Waals surface area contributed by atoms with Crippen LogP contribution in [-0.4, -0.2) is 32.2 Å². The maximum absolute atomic E-state index is 12.2. The van der Waals surface area contributed by atoms with E-state index >= 15 is 0 Å². The quantitative estimate of drug-likeness (QED) is 0.770. The van der Waals surface area contributed by atoms with E-state index in [2.05, 4.69) is 20.4 Å². The molecule has 2 aromatic rings. The first-order chi connectivity index (χ1) is 9.74. The largest absolute Gasteiger partial charge is 0.351 e. The number of hydrogen-bond donors (Lipinski definition) is 1. The standard InChI is InChI=1S/C14H15N5O/c1-8-16-7-9-3-4-10-12(11(9)17-8)18-19-6-2-5-15-14(20)13(10)19/h7H,2-6H2,1H3,(H,15,20). The maximum Gasteiger partial charge on any atom is 0.269 e. The molecule has 0 spiro atoms. The Morgan fingerprint density at radius 3 is 3.10 bits per heavy atom. The molecule has 0 aromatic carbocycles. The van der Waals surface area contributed by atoms with Gasteiger partial charge in [-0.05, 0) is 31.7 Å². The van der Waals surface area contributed by atoms with Gasteiger partial charge < -0.3 is 5.32 Å². The highest BCUT2D eigenvalue weighted by Crippen LogP contribution is 2.33. The lowest BCUT2D eigenvalue weighted by Crippen LogP contribution is -2.24. The van der Waals surface area contributed by atoms with Gasteiger partial charge in [0.2, 0.25) is 0 Å². The summed E-state index contributed by atoms with van der Waals surface area (Å²) in [6.07, 6.45) is 4.49. The molecular weight excluding hydrogens is 254 g/mol. The SMILES string of the molecule is Cc1ncc2c(n1)-c1nn3c(c1CC2)C(=O)NCCC3. The lowest BCUT2D eigenvalue weighted by atomic mass is 9.93. The Hall–Kier alpha value is -2.24. The van der Waals surface area contributed by atoms with E-state index in [0.717, 1.165) is 66.4 Å². The van der Waals surface area contributed by atoms with E-state index in [-0.39, 0.29) is 5.91 Å². The average Bonchev–Trinajstić information content (AvgIpc) is 2.72. The van der Waals surface area contributed by atoms with Crippen molar-refractivity contribution in [3.05, 3.63) is 28.8 Å². The van der Waals surface area contributed by atoms with Gasteiger partial charge in [-0.15, -0.1) is 0 Å². The van der Waals surface area contributed by atoms with Gasteiger partial charge in [0.05, 0.1) is 5.69 Å². The summed E-state index contributed by atoms with van der Waals surface area (Å²) in [6, 6.07) is 0. The van der Waals surface area contributed by atoms with Crippen LogP contribution in [0.25, 0.3) is 11.4 Å². The Morgan fingerprint density at radius 1 is 1.30 bits per heavy atom. The van der Waals surface area contributed by atoms with Crippen molar-refractivity contribution >= 4 is 5.91 Å². The van der Waals surface area contributed by atoms with Gasteiger partial charge in [-0.2, -0.15) is 5.10 Å². The van der Waals surface area contributed by atoms with Crippen LogP contribution in [-0.2, 0) is 19.4 Å². The second-order valence-electron chi connectivity index (χ2n) is 5.30. The van der Waals surface area contributed by atoms with Gasteiger partial charge in [0.15, 0.2) is 0 Å². The van der Waals surface area contributed by atoms with Gasteiger partial charge in [-0.1, -0.05) is 0 Å². The van der Waals surface area contributed by atoms with Gasteiger partial charge in [-0.25, -0.2) is 9.97 Å². The molecule has 0 bridgehead atoms. The Labute approximate surface area is 116 Å². The van der Waals surface area contributed by atoms with Crippen molar-refractivity contribution < 1.29 is 4.79 Å². The summed E-state index contributed by atoms with van der Waals surface area (Å²) >= 11 is 0. The number of carbonyl (C=O) groups is 1. The van der Waals surface area contributed by atoms with Crippen molar-refractivity contribution in [2.24, 2.45) is 0 Å². The van der Waals surface area contributed by atoms with Crippen LogP contribution in [0.1, 0.15) is 33.9 Å². The molecule has 3 heterocycles. The van der Waals surface area contributed by atoms with E-state index in [1.54, 1.807) is 0 Å². The van der Waals surface area contributed by atoms with E-state index in [4.69, 9.17) is 0 Å². The molecule has 0 fully saturated rings. The molecule has 1 N–H and O–H groups in total. The number of nitrogens with one attached hydrogen (secondary N) is 1. The van der Waals surface area contributed by atoms with Crippen LogP contribution in [0.5, 0.6) is 0 Å². The molecule has 1 aliphatic carbocycles. The normalized spacial score (nSPS) is 16.8. The van der Waals surface area contributed by atoms with Gasteiger partial charge in [0, 0.05) is 24.8 Å². The van der Waals surface area contributed by atoms with E-state index in [1.165, 1.54) is 0 Å². The first-order valence-corrected chi connectivity index (χ1v) is 6.95. The van der Waals surface area contributed by atoms with E-state index in [1.807, 2.05) is 17.8 Å². The molecule has 0 saturated heterocycles. The monoisotopic (exact) mass is 269 g/mol. The number of aromatic nitrogens is 4. The molecule has 0 saturated carbocycles. The number of nitrogens with zero attached hydrogens (tertiary/aromatic N) is 4. The first kappa shape index (κ1) is 11.6. The number of carbonyl (C=O) groups excluding carboxylic acids is 1. The average molecular weight is 269 g/mol. The van der Waals surface area contributed by atoms with E-state index < -0.39 is 0 Å². The molecule has 0 radical (unpaired) electrons. The Balaban J connectivity index is 1.95. The molecule has 1 amide bonds. The van der Waals surface area contributed by atoms with Gasteiger partial charge in [0.25, 0.3) is 5.91 Å². The number of hydrogen-bond acceptors (Lipinski definition) is 4. The molecule has 4 rings (SSSR count). The van der Waals surface area contributed by atoms with Crippen LogP contribution in [0.4, 0.5) is 0 Å². The zero-order chi connectivity index (χ0) is 13.7. The van der Waals surface area contributed by atoms with Crippen molar-refractivity contribution in [2.45, 2.75) is 32.7 Å². The fourth-order valence-electron chi connectivity index (χ4n) is 3.00. The topological polar surface area (TPSA) is 72.7 Å². The number of amides is 1. The lowest BCUT2D eigenvalue weighted by Gasteiger charge is -2.14. The first-order valence-electron chi connectivity index (χ1n) is 6.95. The molecule has 0 unspecified atom stereocenters. The molecule has 2 aromatic heterocycles. The van der Waals surface area contributed by atoms with Crippen molar-refractivity contribution in [1.29, 1.82) is 0 Å². The minimum atomic E-state index is -0.00882. The van der Waals surface area contributed by atoms with Crippen LogP contribution in [0, 0.1) is 6.92 Å². The Bertz CT molecular complexity index is 719. The number of fused-ring (bicyclic) bond motifs is 5. The smallest absolute Gasteiger partial charge is 0.269 e. The fourth-order valence-corrected chi connectivity index (χ4v) is 3.00. The highest BCUT2D eigenvalue weighted by molar-refractivity contribution is 5.96. The molecule has 6 heteroatoms. The molecule has 6 nitrogen and oxygen atoms in total. The van der Waals surface area contributed by atoms with E-state index in [9.17, 15) is 4.79 Å². The third kappa shape index (κ3) is 1.57. The van der Waals surface area contributed by atoms with Crippen molar-refractivity contribution in [1.82, 2.24) is 25.1 Å². The predicted molar refractivity (Wildman–Crippen MR) is 72.3 cm³/mol. The molecular formula is C14H15N5O. The summed E-state index contributed by atoms with van der Waals surface area (Å²) in [5.41, 5.74) is 4.64. The molecule has 0 atom stereocenters. The molecule has 102 valence electrons. The van der Waals surface area contributed by atoms with E-state index in [0.29, 0.717) is 0 Å². The third-order valence-corrected chi connectivity index (χ3v) is 3.95. The van der Waals surface area contributed by atoms with Crippen molar-refractivity contribution in [2.75, 3.05) is 6.54 Å². The van der Waals surface area contributed by atoms with Gasteiger partial charge >= 0.3 is 0 Å². The summed E-state index contributed by atoms with van der Waals surface area (Å²) in [6.45, 7) is 3.37. The number of aryl methyl sites for hydroxylation is 3. The Morgan fingerprint density at radius 2 is 2.20 bits per heavy atom. The van der Waals surface area contributed by atoms with Gasteiger partial charge in [-0.3, -0.25) is 9.48 Å². The zero-order valence-electron chi connectivity index (χ0n) is 11.3. The summed E-state index contributed by atoms with van der Waals surface area (Å²) in [4.78, 5) is 21.0. The fraction of sp³-hybridized carbons (Fsp3) is 0.429. The minimum absolute atomic E-state index is 0.00882. The van der Waals surface area contributed by atoms with Crippen LogP contribution in [0.15, 0.2) is 6.20 Å². The summed E-state index contributed by atoms with van der Waals surface area (Å²) < 4.78 is 1.85. The summed E-state index contributed by atoms with van der Waals surface area (Å²) in [5.74, 6) is 0.731. The molecule has 20 heavy (non-hydrogen) atoms. The van der Waals surface area contributed by atoms with Crippen LogP contribution < -0.4 is 5.32 Å². The summed E-state index contributed by atoms with van der Waals surface area (Å²) in [5, 5.41) is 7.59. The summed E-state index contributed by atoms with van der Waals surface area (Å²) in [7, 11) is 0. The lowest BCUT2D eigenvalue weighted by molar-refractivity contribution is 0.0949. The Kier molecular flexibility index (Phi) is 2.39. The van der Waals surface area contributed by atoms with Crippen molar-refractivity contribution in [3.8, 4) is 11.4 Å². The van der Waals surface area contributed by atoms with Crippen LogP contribution in [0.3, 0.4) is 0 Å². The predicted octanol–water partition coefficient (Wildman–Crippen LogP) is 0.881.